The Balaban J connectivity index is 1.68. The predicted molar refractivity (Wildman–Crippen MR) is 108 cm³/mol. The lowest BCUT2D eigenvalue weighted by molar-refractivity contribution is -0.384. The molecule has 28 heavy (non-hydrogen) atoms. The molecule has 0 atom stereocenters. The van der Waals surface area contributed by atoms with Crippen LogP contribution in [-0.2, 0) is 12.0 Å². The molecule has 3 rings (SSSR count). The summed E-state index contributed by atoms with van der Waals surface area (Å²) in [5, 5.41) is 15.7. The van der Waals surface area contributed by atoms with Gasteiger partial charge in [-0.3, -0.25) is 15.0 Å². The smallest absolute Gasteiger partial charge is 0.272 e. The number of nitrogens with zero attached hydrogens (tertiary/aromatic N) is 5. The van der Waals surface area contributed by atoms with E-state index in [0.29, 0.717) is 40.5 Å². The van der Waals surface area contributed by atoms with E-state index in [1.54, 1.807) is 0 Å². The van der Waals surface area contributed by atoms with Crippen LogP contribution in [0.4, 0.5) is 11.4 Å². The van der Waals surface area contributed by atoms with Crippen molar-refractivity contribution in [2.75, 3.05) is 31.1 Å². The third-order valence-electron chi connectivity index (χ3n) is 4.59. The Morgan fingerprint density at radius 3 is 2.43 bits per heavy atom. The zero-order chi connectivity index (χ0) is 20.5. The highest BCUT2D eigenvalue weighted by atomic mass is 35.5. The van der Waals surface area contributed by atoms with Crippen LogP contribution in [-0.4, -0.2) is 46.1 Å². The summed E-state index contributed by atoms with van der Waals surface area (Å²) in [6.07, 6.45) is 0.896. The SMILES string of the molecule is CC(C)(C)c1nc(CN2CCCN(c3c(Cl)cc([N+](=O)[O-])cc3Cl)CC2)no1. The first-order chi connectivity index (χ1) is 13.1. The summed E-state index contributed by atoms with van der Waals surface area (Å²) in [5.74, 6) is 1.30. The molecule has 2 heterocycles. The Kier molecular flexibility index (Phi) is 6.12. The van der Waals surface area contributed by atoms with Crippen molar-refractivity contribution in [1.29, 1.82) is 0 Å². The van der Waals surface area contributed by atoms with Crippen LogP contribution in [0.15, 0.2) is 16.7 Å². The number of benzene rings is 1. The van der Waals surface area contributed by atoms with Gasteiger partial charge in [-0.2, -0.15) is 4.98 Å². The fourth-order valence-electron chi connectivity index (χ4n) is 3.14. The molecule has 0 amide bonds. The van der Waals surface area contributed by atoms with E-state index in [0.717, 1.165) is 26.1 Å². The lowest BCUT2D eigenvalue weighted by atomic mass is 9.97. The van der Waals surface area contributed by atoms with Crippen LogP contribution in [0.2, 0.25) is 10.0 Å². The number of hydrogen-bond donors (Lipinski definition) is 0. The molecular weight excluding hydrogens is 405 g/mol. The lowest BCUT2D eigenvalue weighted by Crippen LogP contribution is -2.31. The van der Waals surface area contributed by atoms with Gasteiger partial charge in [0.15, 0.2) is 5.82 Å². The normalized spacial score (nSPS) is 16.2. The third kappa shape index (κ3) is 4.74. The maximum Gasteiger partial charge on any atom is 0.272 e. The van der Waals surface area contributed by atoms with E-state index >= 15 is 0 Å². The molecule has 0 spiro atoms. The molecule has 0 unspecified atom stereocenters. The lowest BCUT2D eigenvalue weighted by Gasteiger charge is -2.25. The summed E-state index contributed by atoms with van der Waals surface area (Å²) in [6, 6.07) is 2.69. The minimum absolute atomic E-state index is 0.109. The van der Waals surface area contributed by atoms with Gasteiger partial charge in [0.05, 0.1) is 27.2 Å². The number of hydrogen-bond acceptors (Lipinski definition) is 7. The molecule has 0 aliphatic carbocycles. The fraction of sp³-hybridized carbons (Fsp3) is 0.556. The molecule has 1 fully saturated rings. The average molecular weight is 428 g/mol. The molecule has 1 aliphatic rings. The largest absolute Gasteiger partial charge is 0.368 e. The molecule has 10 heteroatoms. The highest BCUT2D eigenvalue weighted by Crippen LogP contribution is 2.37. The molecule has 0 bridgehead atoms. The van der Waals surface area contributed by atoms with Gasteiger partial charge in [-0.1, -0.05) is 49.1 Å². The number of nitro benzene ring substituents is 1. The zero-order valence-electron chi connectivity index (χ0n) is 16.1. The predicted octanol–water partition coefficient (Wildman–Crippen LogP) is 4.29. The topological polar surface area (TPSA) is 88.5 Å². The van der Waals surface area contributed by atoms with Crippen LogP contribution in [0.5, 0.6) is 0 Å². The van der Waals surface area contributed by atoms with Gasteiger partial charge in [-0.15, -0.1) is 0 Å². The molecule has 0 radical (unpaired) electrons. The zero-order valence-corrected chi connectivity index (χ0v) is 17.6. The van der Waals surface area contributed by atoms with Crippen LogP contribution in [0.3, 0.4) is 0 Å². The Bertz CT molecular complexity index is 842. The van der Waals surface area contributed by atoms with E-state index in [-0.39, 0.29) is 11.1 Å². The van der Waals surface area contributed by atoms with Gasteiger partial charge >= 0.3 is 0 Å². The van der Waals surface area contributed by atoms with Crippen molar-refractivity contribution in [3.05, 3.63) is 44.0 Å². The summed E-state index contributed by atoms with van der Waals surface area (Å²) in [6.45, 7) is 9.80. The number of halogens is 2. The minimum atomic E-state index is -0.498. The van der Waals surface area contributed by atoms with Crippen LogP contribution in [0.1, 0.15) is 38.9 Å². The van der Waals surface area contributed by atoms with E-state index in [1.165, 1.54) is 12.1 Å². The van der Waals surface area contributed by atoms with Crippen molar-refractivity contribution in [3.8, 4) is 0 Å². The van der Waals surface area contributed by atoms with Crippen LogP contribution in [0, 0.1) is 10.1 Å². The molecule has 8 nitrogen and oxygen atoms in total. The molecular formula is C18H23Cl2N5O3. The van der Waals surface area contributed by atoms with Crippen molar-refractivity contribution in [2.24, 2.45) is 0 Å². The molecule has 2 aromatic rings. The summed E-state index contributed by atoms with van der Waals surface area (Å²) in [5.41, 5.74) is 0.358. The van der Waals surface area contributed by atoms with Crippen molar-refractivity contribution >= 4 is 34.6 Å². The minimum Gasteiger partial charge on any atom is -0.368 e. The number of aromatic nitrogens is 2. The third-order valence-corrected chi connectivity index (χ3v) is 5.17. The Morgan fingerprint density at radius 2 is 1.86 bits per heavy atom. The Morgan fingerprint density at radius 1 is 1.18 bits per heavy atom. The van der Waals surface area contributed by atoms with Gasteiger partial charge < -0.3 is 9.42 Å². The molecule has 0 N–H and O–H groups in total. The van der Waals surface area contributed by atoms with E-state index < -0.39 is 4.92 Å². The highest BCUT2D eigenvalue weighted by molar-refractivity contribution is 6.39. The summed E-state index contributed by atoms with van der Waals surface area (Å²) in [7, 11) is 0. The first-order valence-electron chi connectivity index (χ1n) is 9.09. The maximum atomic E-state index is 11.0. The van der Waals surface area contributed by atoms with E-state index in [9.17, 15) is 10.1 Å². The average Bonchev–Trinajstić information content (AvgIpc) is 2.95. The summed E-state index contributed by atoms with van der Waals surface area (Å²) >= 11 is 12.6. The Hall–Kier alpha value is -1.90. The number of nitro groups is 1. The molecule has 1 aliphatic heterocycles. The van der Waals surface area contributed by atoms with Crippen LogP contribution in [0.25, 0.3) is 0 Å². The Labute approximate surface area is 173 Å². The van der Waals surface area contributed by atoms with Gasteiger partial charge in [0.25, 0.3) is 5.69 Å². The van der Waals surface area contributed by atoms with Gasteiger partial charge in [0, 0.05) is 43.7 Å². The van der Waals surface area contributed by atoms with Crippen molar-refractivity contribution in [2.45, 2.75) is 39.2 Å². The second kappa shape index (κ2) is 8.23. The first kappa shape index (κ1) is 20.8. The summed E-state index contributed by atoms with van der Waals surface area (Å²) < 4.78 is 5.37. The quantitative estimate of drug-likeness (QED) is 0.530. The first-order valence-corrected chi connectivity index (χ1v) is 9.84. The standard InChI is InChI=1S/C18H23Cl2N5O3/c1-18(2,3)17-21-15(22-28-17)11-23-5-4-6-24(8-7-23)16-13(19)9-12(25(26)27)10-14(16)20/h9-10H,4-8,11H2,1-3H3. The highest BCUT2D eigenvalue weighted by Gasteiger charge is 2.25. The van der Waals surface area contributed by atoms with Gasteiger partial charge in [0.1, 0.15) is 0 Å². The van der Waals surface area contributed by atoms with Gasteiger partial charge in [-0.05, 0) is 6.42 Å². The molecule has 0 saturated carbocycles. The number of anilines is 1. The van der Waals surface area contributed by atoms with E-state index in [1.807, 2.05) is 20.8 Å². The van der Waals surface area contributed by atoms with Gasteiger partial charge in [0.2, 0.25) is 5.89 Å². The summed E-state index contributed by atoms with van der Waals surface area (Å²) in [4.78, 5) is 19.3. The van der Waals surface area contributed by atoms with Crippen LogP contribution >= 0.6 is 23.2 Å². The fourth-order valence-corrected chi connectivity index (χ4v) is 3.85. The number of non-ortho nitro benzene ring substituents is 1. The van der Waals surface area contributed by atoms with E-state index in [4.69, 9.17) is 27.7 Å². The van der Waals surface area contributed by atoms with E-state index in [2.05, 4.69) is 19.9 Å². The monoisotopic (exact) mass is 427 g/mol. The van der Waals surface area contributed by atoms with Crippen molar-refractivity contribution < 1.29 is 9.45 Å². The molecule has 1 saturated heterocycles. The maximum absolute atomic E-state index is 11.0. The molecule has 152 valence electrons. The van der Waals surface area contributed by atoms with Crippen molar-refractivity contribution in [1.82, 2.24) is 15.0 Å². The molecule has 1 aromatic heterocycles. The van der Waals surface area contributed by atoms with Crippen molar-refractivity contribution in [3.63, 3.8) is 0 Å². The molecule has 1 aromatic carbocycles. The number of rotatable bonds is 4. The van der Waals surface area contributed by atoms with Gasteiger partial charge in [-0.25, -0.2) is 0 Å². The second-order valence-electron chi connectivity index (χ2n) is 7.90. The second-order valence-corrected chi connectivity index (χ2v) is 8.71. The van der Waals surface area contributed by atoms with Crippen LogP contribution < -0.4 is 4.90 Å².